The molecule has 94 valence electrons. The summed E-state index contributed by atoms with van der Waals surface area (Å²) in [6, 6.07) is 7.82. The first-order valence-corrected chi connectivity index (χ1v) is 6.76. The van der Waals surface area contributed by atoms with Crippen LogP contribution in [0.25, 0.3) is 0 Å². The maximum absolute atomic E-state index is 5.89. The number of anilines is 1. The van der Waals surface area contributed by atoms with Crippen LogP contribution in [-0.4, -0.2) is 12.1 Å². The highest BCUT2D eigenvalue weighted by molar-refractivity contribution is 5.61. The lowest BCUT2D eigenvalue weighted by Crippen LogP contribution is -2.35. The number of aryl methyl sites for hydroxylation is 1. The molecular formula is C15H24N2. The largest absolute Gasteiger partial charge is 0.365 e. The molecule has 2 rings (SSSR count). The Balaban J connectivity index is 2.44. The van der Waals surface area contributed by atoms with Gasteiger partial charge in [0.25, 0.3) is 0 Å². The van der Waals surface area contributed by atoms with Gasteiger partial charge >= 0.3 is 0 Å². The molecule has 0 spiro atoms. The molecule has 2 heteroatoms. The van der Waals surface area contributed by atoms with Crippen LogP contribution in [-0.2, 0) is 6.54 Å². The average Bonchev–Trinajstić information content (AvgIpc) is 2.70. The highest BCUT2D eigenvalue weighted by atomic mass is 15.2. The van der Waals surface area contributed by atoms with Gasteiger partial charge in [0.15, 0.2) is 0 Å². The molecule has 0 radical (unpaired) electrons. The maximum Gasteiger partial charge on any atom is 0.0446 e. The zero-order chi connectivity index (χ0) is 12.4. The molecule has 1 aliphatic heterocycles. The second kappa shape index (κ2) is 5.09. The van der Waals surface area contributed by atoms with Crippen LogP contribution >= 0.6 is 0 Å². The molecule has 1 saturated heterocycles. The number of hydrogen-bond donors (Lipinski definition) is 1. The topological polar surface area (TPSA) is 29.3 Å². The molecule has 1 heterocycles. The van der Waals surface area contributed by atoms with Crippen molar-refractivity contribution in [1.29, 1.82) is 0 Å². The number of hydrogen-bond acceptors (Lipinski definition) is 2. The van der Waals surface area contributed by atoms with E-state index >= 15 is 0 Å². The van der Waals surface area contributed by atoms with Crippen molar-refractivity contribution in [1.82, 2.24) is 0 Å². The minimum absolute atomic E-state index is 0.636. The first-order valence-electron chi connectivity index (χ1n) is 6.76. The number of nitrogens with zero attached hydrogens (tertiary/aromatic N) is 1. The highest BCUT2D eigenvalue weighted by Crippen LogP contribution is 2.36. The maximum atomic E-state index is 5.89. The average molecular weight is 232 g/mol. The van der Waals surface area contributed by atoms with Crippen molar-refractivity contribution in [3.05, 3.63) is 29.3 Å². The van der Waals surface area contributed by atoms with Gasteiger partial charge in [-0.3, -0.25) is 0 Å². The first kappa shape index (κ1) is 12.4. The zero-order valence-corrected chi connectivity index (χ0v) is 11.2. The summed E-state index contributed by atoms with van der Waals surface area (Å²) in [5.74, 6) is 0. The van der Waals surface area contributed by atoms with E-state index in [0.717, 1.165) is 0 Å². The normalized spacial score (nSPS) is 24.4. The van der Waals surface area contributed by atoms with E-state index in [2.05, 4.69) is 43.9 Å². The number of rotatable bonds is 3. The van der Waals surface area contributed by atoms with E-state index in [-0.39, 0.29) is 0 Å². The van der Waals surface area contributed by atoms with Crippen molar-refractivity contribution >= 4 is 5.69 Å². The van der Waals surface area contributed by atoms with Gasteiger partial charge < -0.3 is 10.6 Å². The van der Waals surface area contributed by atoms with E-state index in [9.17, 15) is 0 Å². The Morgan fingerprint density at radius 3 is 2.76 bits per heavy atom. The molecule has 0 aromatic heterocycles. The lowest BCUT2D eigenvalue weighted by molar-refractivity contribution is 0.624. The third kappa shape index (κ3) is 2.19. The fourth-order valence-electron chi connectivity index (χ4n) is 3.13. The monoisotopic (exact) mass is 232 g/mol. The Hall–Kier alpha value is -1.02. The fourth-order valence-corrected chi connectivity index (χ4v) is 3.13. The zero-order valence-electron chi connectivity index (χ0n) is 11.2. The molecule has 2 atom stereocenters. The summed E-state index contributed by atoms with van der Waals surface area (Å²) < 4.78 is 0. The summed E-state index contributed by atoms with van der Waals surface area (Å²) in [6.45, 7) is 7.46. The highest BCUT2D eigenvalue weighted by Gasteiger charge is 2.31. The van der Waals surface area contributed by atoms with Gasteiger partial charge in [-0.25, -0.2) is 0 Å². The van der Waals surface area contributed by atoms with Gasteiger partial charge in [-0.05, 0) is 44.2 Å². The number of benzene rings is 1. The van der Waals surface area contributed by atoms with Crippen LogP contribution < -0.4 is 10.6 Å². The SMILES string of the molecule is CCC1CCC(C)N1c1c(C)cccc1CN. The molecule has 2 nitrogen and oxygen atoms in total. The number of para-hydroxylation sites is 1. The summed E-state index contributed by atoms with van der Waals surface area (Å²) in [6.07, 6.45) is 3.84. The minimum atomic E-state index is 0.636. The van der Waals surface area contributed by atoms with Crippen LogP contribution in [0.15, 0.2) is 18.2 Å². The lowest BCUT2D eigenvalue weighted by Gasteiger charge is -2.33. The molecule has 2 N–H and O–H groups in total. The Labute approximate surface area is 105 Å². The summed E-state index contributed by atoms with van der Waals surface area (Å²) in [7, 11) is 0. The second-order valence-electron chi connectivity index (χ2n) is 5.18. The molecule has 1 aliphatic rings. The van der Waals surface area contributed by atoms with Crippen molar-refractivity contribution in [2.75, 3.05) is 4.90 Å². The molecule has 1 fully saturated rings. The molecule has 2 unspecified atom stereocenters. The van der Waals surface area contributed by atoms with Crippen molar-refractivity contribution in [2.24, 2.45) is 5.73 Å². The molecule has 0 bridgehead atoms. The van der Waals surface area contributed by atoms with Crippen molar-refractivity contribution < 1.29 is 0 Å². The molecular weight excluding hydrogens is 208 g/mol. The summed E-state index contributed by atoms with van der Waals surface area (Å²) >= 11 is 0. The van der Waals surface area contributed by atoms with Gasteiger partial charge in [-0.2, -0.15) is 0 Å². The van der Waals surface area contributed by atoms with E-state index in [4.69, 9.17) is 5.73 Å². The third-order valence-corrected chi connectivity index (χ3v) is 4.06. The van der Waals surface area contributed by atoms with Gasteiger partial charge in [0.1, 0.15) is 0 Å². The van der Waals surface area contributed by atoms with Gasteiger partial charge in [0.2, 0.25) is 0 Å². The third-order valence-electron chi connectivity index (χ3n) is 4.06. The van der Waals surface area contributed by atoms with Crippen molar-refractivity contribution in [2.45, 2.75) is 58.7 Å². The Kier molecular flexibility index (Phi) is 3.72. The van der Waals surface area contributed by atoms with E-state index in [1.807, 2.05) is 0 Å². The van der Waals surface area contributed by atoms with Crippen molar-refractivity contribution in [3.8, 4) is 0 Å². The molecule has 1 aromatic rings. The van der Waals surface area contributed by atoms with Crippen molar-refractivity contribution in [3.63, 3.8) is 0 Å². The van der Waals surface area contributed by atoms with Crippen LogP contribution in [0.2, 0.25) is 0 Å². The van der Waals surface area contributed by atoms with Gasteiger partial charge in [0.05, 0.1) is 0 Å². The summed E-state index contributed by atoms with van der Waals surface area (Å²) in [4.78, 5) is 2.61. The Morgan fingerprint density at radius 2 is 2.12 bits per heavy atom. The number of nitrogens with two attached hydrogens (primary N) is 1. The van der Waals surface area contributed by atoms with Gasteiger partial charge in [0, 0.05) is 24.3 Å². The Morgan fingerprint density at radius 1 is 1.35 bits per heavy atom. The fraction of sp³-hybridized carbons (Fsp3) is 0.600. The summed E-state index contributed by atoms with van der Waals surface area (Å²) in [5.41, 5.74) is 9.94. The van der Waals surface area contributed by atoms with Crippen LogP contribution in [0.4, 0.5) is 5.69 Å². The van der Waals surface area contributed by atoms with E-state index in [0.29, 0.717) is 18.6 Å². The van der Waals surface area contributed by atoms with E-state index in [1.165, 1.54) is 36.1 Å². The van der Waals surface area contributed by atoms with Crippen LogP contribution in [0.5, 0.6) is 0 Å². The van der Waals surface area contributed by atoms with Gasteiger partial charge in [-0.15, -0.1) is 0 Å². The predicted molar refractivity (Wildman–Crippen MR) is 74.3 cm³/mol. The first-order chi connectivity index (χ1) is 8.19. The molecule has 0 amide bonds. The predicted octanol–water partition coefficient (Wildman–Crippen LogP) is 3.22. The van der Waals surface area contributed by atoms with Gasteiger partial charge in [-0.1, -0.05) is 25.1 Å². The molecule has 1 aromatic carbocycles. The van der Waals surface area contributed by atoms with Crippen LogP contribution in [0, 0.1) is 6.92 Å². The minimum Gasteiger partial charge on any atom is -0.365 e. The van der Waals surface area contributed by atoms with E-state index in [1.54, 1.807) is 0 Å². The van der Waals surface area contributed by atoms with Crippen LogP contribution in [0.1, 0.15) is 44.2 Å². The molecule has 0 aliphatic carbocycles. The second-order valence-corrected chi connectivity index (χ2v) is 5.18. The van der Waals surface area contributed by atoms with E-state index < -0.39 is 0 Å². The quantitative estimate of drug-likeness (QED) is 0.867. The molecule has 0 saturated carbocycles. The Bertz CT molecular complexity index is 387. The van der Waals surface area contributed by atoms with Crippen LogP contribution in [0.3, 0.4) is 0 Å². The lowest BCUT2D eigenvalue weighted by atomic mass is 10.0. The molecule has 17 heavy (non-hydrogen) atoms. The standard InChI is InChI=1S/C15H24N2/c1-4-14-9-8-12(3)17(14)15-11(2)6-5-7-13(15)10-16/h5-7,12,14H,4,8-10,16H2,1-3H3. The smallest absolute Gasteiger partial charge is 0.0446 e. The summed E-state index contributed by atoms with van der Waals surface area (Å²) in [5, 5.41) is 0.